The third kappa shape index (κ3) is 8.77. The van der Waals surface area contributed by atoms with Crippen LogP contribution in [0.2, 0.25) is 0 Å². The summed E-state index contributed by atoms with van der Waals surface area (Å²) in [6.45, 7) is 6.81. The third-order valence-electron chi connectivity index (χ3n) is 2.68. The summed E-state index contributed by atoms with van der Waals surface area (Å²) in [5.74, 6) is 1.66. The van der Waals surface area contributed by atoms with Crippen LogP contribution in [0, 0.1) is 13.8 Å². The number of hydrogen-bond acceptors (Lipinski definition) is 3. The van der Waals surface area contributed by atoms with Crippen LogP contribution in [0.1, 0.15) is 11.1 Å². The van der Waals surface area contributed by atoms with E-state index in [1.165, 1.54) is 11.1 Å². The number of nitrogens with one attached hydrogen (secondary N) is 2. The van der Waals surface area contributed by atoms with Gasteiger partial charge in [-0.05, 0) is 37.1 Å². The van der Waals surface area contributed by atoms with Crippen LogP contribution < -0.4 is 15.4 Å². The van der Waals surface area contributed by atoms with E-state index in [2.05, 4.69) is 35.5 Å². The molecule has 0 aliphatic heterocycles. The van der Waals surface area contributed by atoms with Gasteiger partial charge in [0.1, 0.15) is 12.4 Å². The Morgan fingerprint density at radius 1 is 1.05 bits per heavy atom. The van der Waals surface area contributed by atoms with Crippen LogP contribution in [0.4, 0.5) is 0 Å². The maximum Gasteiger partial charge on any atom is 0.191 e. The van der Waals surface area contributed by atoms with Crippen molar-refractivity contribution in [1.82, 2.24) is 10.6 Å². The standard InChI is InChI=1S/C15H25N3O2.HI/c1-12-9-13(2)11-14(10-12)20-8-6-18-15(16-3)17-5-7-19-4;/h9-11H,5-8H2,1-4H3,(H2,16,17,18);1H. The highest BCUT2D eigenvalue weighted by atomic mass is 127. The van der Waals surface area contributed by atoms with E-state index in [0.717, 1.165) is 18.3 Å². The fourth-order valence-corrected chi connectivity index (χ4v) is 1.85. The molecule has 1 rings (SSSR count). The smallest absolute Gasteiger partial charge is 0.191 e. The summed E-state index contributed by atoms with van der Waals surface area (Å²) < 4.78 is 10.7. The van der Waals surface area contributed by atoms with Gasteiger partial charge in [-0.1, -0.05) is 6.07 Å². The number of rotatable bonds is 7. The molecule has 1 aromatic rings. The van der Waals surface area contributed by atoms with Crippen molar-refractivity contribution in [3.63, 3.8) is 0 Å². The van der Waals surface area contributed by atoms with Crippen molar-refractivity contribution in [3.8, 4) is 5.75 Å². The Labute approximate surface area is 144 Å². The number of halogens is 1. The number of nitrogens with zero attached hydrogens (tertiary/aromatic N) is 1. The minimum atomic E-state index is 0. The number of methoxy groups -OCH3 is 1. The second-order valence-corrected chi connectivity index (χ2v) is 4.59. The number of ether oxygens (including phenoxy) is 2. The fourth-order valence-electron chi connectivity index (χ4n) is 1.85. The highest BCUT2D eigenvalue weighted by molar-refractivity contribution is 14.0. The van der Waals surface area contributed by atoms with Gasteiger partial charge in [0.25, 0.3) is 0 Å². The first-order valence-electron chi connectivity index (χ1n) is 6.80. The number of benzene rings is 1. The van der Waals surface area contributed by atoms with Gasteiger partial charge in [-0.25, -0.2) is 0 Å². The number of guanidine groups is 1. The summed E-state index contributed by atoms with van der Waals surface area (Å²) in [6, 6.07) is 6.21. The molecular formula is C15H26IN3O2. The predicted molar refractivity (Wildman–Crippen MR) is 98.1 cm³/mol. The molecule has 0 bridgehead atoms. The van der Waals surface area contributed by atoms with Crippen LogP contribution in [-0.2, 0) is 4.74 Å². The van der Waals surface area contributed by atoms with E-state index >= 15 is 0 Å². The minimum absolute atomic E-state index is 0. The first-order valence-corrected chi connectivity index (χ1v) is 6.80. The number of aliphatic imine (C=N–C) groups is 1. The largest absolute Gasteiger partial charge is 0.492 e. The van der Waals surface area contributed by atoms with Crippen molar-refractivity contribution in [2.24, 2.45) is 4.99 Å². The molecule has 1 aromatic carbocycles. The molecule has 120 valence electrons. The highest BCUT2D eigenvalue weighted by Gasteiger charge is 1.98. The average molecular weight is 407 g/mol. The first-order chi connectivity index (χ1) is 9.65. The Morgan fingerprint density at radius 2 is 1.62 bits per heavy atom. The summed E-state index contributed by atoms with van der Waals surface area (Å²) in [4.78, 5) is 4.12. The van der Waals surface area contributed by atoms with Gasteiger partial charge >= 0.3 is 0 Å². The zero-order chi connectivity index (χ0) is 14.8. The molecule has 6 heteroatoms. The number of aryl methyl sites for hydroxylation is 2. The van der Waals surface area contributed by atoms with Crippen molar-refractivity contribution in [2.75, 3.05) is 40.5 Å². The lowest BCUT2D eigenvalue weighted by Gasteiger charge is -2.12. The summed E-state index contributed by atoms with van der Waals surface area (Å²) >= 11 is 0. The summed E-state index contributed by atoms with van der Waals surface area (Å²) in [6.07, 6.45) is 0. The quantitative estimate of drug-likeness (QED) is 0.315. The molecule has 0 aromatic heterocycles. The van der Waals surface area contributed by atoms with E-state index in [4.69, 9.17) is 9.47 Å². The third-order valence-corrected chi connectivity index (χ3v) is 2.68. The first kappa shape index (κ1) is 20.0. The van der Waals surface area contributed by atoms with Crippen LogP contribution in [0.15, 0.2) is 23.2 Å². The average Bonchev–Trinajstić information content (AvgIpc) is 2.40. The van der Waals surface area contributed by atoms with Crippen molar-refractivity contribution in [3.05, 3.63) is 29.3 Å². The maximum absolute atomic E-state index is 5.72. The van der Waals surface area contributed by atoms with E-state index in [-0.39, 0.29) is 24.0 Å². The molecule has 0 amide bonds. The van der Waals surface area contributed by atoms with E-state index in [9.17, 15) is 0 Å². The van der Waals surface area contributed by atoms with Crippen LogP contribution >= 0.6 is 24.0 Å². The molecule has 5 nitrogen and oxygen atoms in total. The minimum Gasteiger partial charge on any atom is -0.492 e. The Kier molecular flexibility index (Phi) is 11.1. The molecule has 0 spiro atoms. The second-order valence-electron chi connectivity index (χ2n) is 4.59. The lowest BCUT2D eigenvalue weighted by Crippen LogP contribution is -2.40. The van der Waals surface area contributed by atoms with E-state index < -0.39 is 0 Å². The van der Waals surface area contributed by atoms with Gasteiger partial charge in [0, 0.05) is 20.7 Å². The van der Waals surface area contributed by atoms with Gasteiger partial charge < -0.3 is 20.1 Å². The molecule has 0 fully saturated rings. The van der Waals surface area contributed by atoms with Crippen molar-refractivity contribution in [2.45, 2.75) is 13.8 Å². The van der Waals surface area contributed by atoms with Gasteiger partial charge in [0.05, 0.1) is 13.2 Å². The monoisotopic (exact) mass is 407 g/mol. The van der Waals surface area contributed by atoms with E-state index in [0.29, 0.717) is 19.8 Å². The molecule has 0 saturated heterocycles. The van der Waals surface area contributed by atoms with Crippen molar-refractivity contribution >= 4 is 29.9 Å². The fraction of sp³-hybridized carbons (Fsp3) is 0.533. The Hall–Kier alpha value is -1.02. The van der Waals surface area contributed by atoms with Gasteiger partial charge in [-0.2, -0.15) is 0 Å². The molecule has 0 radical (unpaired) electrons. The molecule has 21 heavy (non-hydrogen) atoms. The Balaban J connectivity index is 0.00000400. The molecule has 2 N–H and O–H groups in total. The Morgan fingerprint density at radius 3 is 2.14 bits per heavy atom. The van der Waals surface area contributed by atoms with Crippen LogP contribution in [-0.4, -0.2) is 46.4 Å². The molecule has 0 heterocycles. The topological polar surface area (TPSA) is 54.9 Å². The van der Waals surface area contributed by atoms with E-state index in [1.807, 2.05) is 12.1 Å². The second kappa shape index (κ2) is 11.6. The highest BCUT2D eigenvalue weighted by Crippen LogP contribution is 2.15. The molecule has 0 unspecified atom stereocenters. The molecule has 0 atom stereocenters. The van der Waals surface area contributed by atoms with Gasteiger partial charge in [0.15, 0.2) is 5.96 Å². The summed E-state index contributed by atoms with van der Waals surface area (Å²) in [7, 11) is 3.42. The van der Waals surface area contributed by atoms with Crippen LogP contribution in [0.3, 0.4) is 0 Å². The zero-order valence-corrected chi connectivity index (χ0v) is 15.6. The number of hydrogen-bond donors (Lipinski definition) is 2. The van der Waals surface area contributed by atoms with Crippen LogP contribution in [0.5, 0.6) is 5.75 Å². The van der Waals surface area contributed by atoms with Crippen molar-refractivity contribution < 1.29 is 9.47 Å². The summed E-state index contributed by atoms with van der Waals surface area (Å²) in [5, 5.41) is 6.33. The van der Waals surface area contributed by atoms with Crippen molar-refractivity contribution in [1.29, 1.82) is 0 Å². The predicted octanol–water partition coefficient (Wildman–Crippen LogP) is 2.11. The zero-order valence-electron chi connectivity index (χ0n) is 13.2. The van der Waals surface area contributed by atoms with Gasteiger partial charge in [0.2, 0.25) is 0 Å². The molecule has 0 aliphatic carbocycles. The maximum atomic E-state index is 5.72. The van der Waals surface area contributed by atoms with E-state index in [1.54, 1.807) is 14.2 Å². The van der Waals surface area contributed by atoms with Gasteiger partial charge in [-0.3, -0.25) is 4.99 Å². The SMILES string of the molecule is CN=C(NCCOC)NCCOc1cc(C)cc(C)c1.I. The lowest BCUT2D eigenvalue weighted by molar-refractivity contribution is 0.203. The summed E-state index contributed by atoms with van der Waals surface area (Å²) in [5.41, 5.74) is 2.43. The Bertz CT molecular complexity index is 419. The molecule has 0 aliphatic rings. The van der Waals surface area contributed by atoms with Crippen LogP contribution in [0.25, 0.3) is 0 Å². The lowest BCUT2D eigenvalue weighted by atomic mass is 10.1. The normalized spacial score (nSPS) is 10.8. The molecular weight excluding hydrogens is 381 g/mol. The van der Waals surface area contributed by atoms with Gasteiger partial charge in [-0.15, -0.1) is 24.0 Å². The molecule has 0 saturated carbocycles.